The van der Waals surface area contributed by atoms with E-state index in [0.717, 1.165) is 32.1 Å². The van der Waals surface area contributed by atoms with E-state index in [4.69, 9.17) is 5.11 Å². The maximum absolute atomic E-state index is 11.6. The van der Waals surface area contributed by atoms with Gasteiger partial charge in [-0.05, 0) is 32.1 Å². The van der Waals surface area contributed by atoms with Crippen LogP contribution in [0.3, 0.4) is 0 Å². The zero-order valence-electron chi connectivity index (χ0n) is 11.1. The highest BCUT2D eigenvalue weighted by Gasteiger charge is 2.26. The number of unbranched alkanes of at least 4 members (excludes halogenated alkanes) is 2. The molecular formula is C13H24N2O3. The molecule has 5 nitrogen and oxygen atoms in total. The van der Waals surface area contributed by atoms with Gasteiger partial charge in [-0.2, -0.15) is 0 Å². The summed E-state index contributed by atoms with van der Waals surface area (Å²) in [5.41, 5.74) is 0. The minimum atomic E-state index is -0.711. The Labute approximate surface area is 108 Å². The van der Waals surface area contributed by atoms with Crippen molar-refractivity contribution in [2.24, 2.45) is 5.92 Å². The molecule has 0 heterocycles. The van der Waals surface area contributed by atoms with Gasteiger partial charge in [0, 0.05) is 12.6 Å². The summed E-state index contributed by atoms with van der Waals surface area (Å²) >= 11 is 0. The zero-order valence-corrected chi connectivity index (χ0v) is 11.1. The van der Waals surface area contributed by atoms with Gasteiger partial charge in [-0.1, -0.05) is 19.8 Å². The second kappa shape index (κ2) is 7.95. The Hall–Kier alpha value is -1.26. The normalized spacial score (nSPS) is 23.4. The van der Waals surface area contributed by atoms with E-state index < -0.39 is 5.97 Å². The summed E-state index contributed by atoms with van der Waals surface area (Å²) in [4.78, 5) is 22.3. The molecule has 1 aliphatic carbocycles. The number of carboxylic acid groups (broad SMARTS) is 1. The fraction of sp³-hybridized carbons (Fsp3) is 0.846. The van der Waals surface area contributed by atoms with Crippen LogP contribution in [0, 0.1) is 5.92 Å². The molecule has 1 rings (SSSR count). The Balaban J connectivity index is 2.12. The third-order valence-corrected chi connectivity index (χ3v) is 3.48. The average Bonchev–Trinajstić information content (AvgIpc) is 2.35. The lowest BCUT2D eigenvalue weighted by molar-refractivity contribution is -0.142. The lowest BCUT2D eigenvalue weighted by Gasteiger charge is -2.26. The molecule has 104 valence electrons. The molecule has 0 radical (unpaired) electrons. The molecule has 0 aliphatic heterocycles. The first kappa shape index (κ1) is 14.8. The number of amides is 2. The fourth-order valence-corrected chi connectivity index (χ4v) is 2.30. The van der Waals surface area contributed by atoms with Crippen LogP contribution in [-0.2, 0) is 4.79 Å². The second-order valence-corrected chi connectivity index (χ2v) is 4.99. The van der Waals surface area contributed by atoms with Crippen molar-refractivity contribution in [1.29, 1.82) is 0 Å². The van der Waals surface area contributed by atoms with Crippen LogP contribution < -0.4 is 10.6 Å². The molecule has 2 amide bonds. The lowest BCUT2D eigenvalue weighted by atomic mass is 9.86. The van der Waals surface area contributed by atoms with E-state index in [2.05, 4.69) is 17.6 Å². The molecule has 1 aliphatic rings. The summed E-state index contributed by atoms with van der Waals surface area (Å²) in [6, 6.07) is 0.0108. The van der Waals surface area contributed by atoms with Gasteiger partial charge in [0.05, 0.1) is 5.92 Å². The summed E-state index contributed by atoms with van der Waals surface area (Å²) in [6.07, 6.45) is 6.13. The molecule has 1 saturated carbocycles. The van der Waals surface area contributed by atoms with Crippen molar-refractivity contribution in [1.82, 2.24) is 10.6 Å². The SMILES string of the molecule is CCCCCNC(=O)NC1CCC(C(=O)O)CC1. The highest BCUT2D eigenvalue weighted by atomic mass is 16.4. The Morgan fingerprint density at radius 2 is 1.83 bits per heavy atom. The van der Waals surface area contributed by atoms with Crippen LogP contribution >= 0.6 is 0 Å². The molecule has 5 heteroatoms. The monoisotopic (exact) mass is 256 g/mol. The number of carbonyl (C=O) groups excluding carboxylic acids is 1. The van der Waals surface area contributed by atoms with Gasteiger partial charge >= 0.3 is 12.0 Å². The molecule has 0 saturated heterocycles. The third-order valence-electron chi connectivity index (χ3n) is 3.48. The number of hydrogen-bond donors (Lipinski definition) is 3. The average molecular weight is 256 g/mol. The van der Waals surface area contributed by atoms with E-state index >= 15 is 0 Å². The van der Waals surface area contributed by atoms with Crippen LogP contribution in [0.5, 0.6) is 0 Å². The van der Waals surface area contributed by atoms with Gasteiger partial charge in [0.1, 0.15) is 0 Å². The molecule has 0 aromatic carbocycles. The van der Waals surface area contributed by atoms with Gasteiger partial charge < -0.3 is 15.7 Å². The maximum atomic E-state index is 11.6. The highest BCUT2D eigenvalue weighted by Crippen LogP contribution is 2.24. The molecule has 0 spiro atoms. The van der Waals surface area contributed by atoms with E-state index in [9.17, 15) is 9.59 Å². The van der Waals surface area contributed by atoms with E-state index in [-0.39, 0.29) is 18.0 Å². The van der Waals surface area contributed by atoms with Crippen LogP contribution in [0.15, 0.2) is 0 Å². The summed E-state index contributed by atoms with van der Waals surface area (Å²) in [5, 5.41) is 14.6. The summed E-state index contributed by atoms with van der Waals surface area (Å²) in [7, 11) is 0. The Bertz CT molecular complexity index is 273. The predicted molar refractivity (Wildman–Crippen MR) is 69.4 cm³/mol. The van der Waals surface area contributed by atoms with Crippen molar-refractivity contribution < 1.29 is 14.7 Å². The molecule has 0 unspecified atom stereocenters. The summed E-state index contributed by atoms with van der Waals surface area (Å²) in [5.74, 6) is -0.937. The van der Waals surface area contributed by atoms with Crippen molar-refractivity contribution >= 4 is 12.0 Å². The Morgan fingerprint density at radius 3 is 2.39 bits per heavy atom. The topological polar surface area (TPSA) is 78.4 Å². The van der Waals surface area contributed by atoms with Crippen molar-refractivity contribution in [2.75, 3.05) is 6.54 Å². The Morgan fingerprint density at radius 1 is 1.17 bits per heavy atom. The summed E-state index contributed by atoms with van der Waals surface area (Å²) < 4.78 is 0. The lowest BCUT2D eigenvalue weighted by Crippen LogP contribution is -2.44. The number of hydrogen-bond acceptors (Lipinski definition) is 2. The number of rotatable bonds is 6. The third kappa shape index (κ3) is 5.38. The van der Waals surface area contributed by atoms with Gasteiger partial charge in [-0.3, -0.25) is 4.79 Å². The van der Waals surface area contributed by atoms with Crippen LogP contribution in [0.4, 0.5) is 4.79 Å². The van der Waals surface area contributed by atoms with Crippen LogP contribution in [-0.4, -0.2) is 29.7 Å². The van der Waals surface area contributed by atoms with E-state index in [1.807, 2.05) is 0 Å². The quantitative estimate of drug-likeness (QED) is 0.637. The molecule has 1 fully saturated rings. The van der Waals surface area contributed by atoms with Gasteiger partial charge in [0.2, 0.25) is 0 Å². The molecular weight excluding hydrogens is 232 g/mol. The minimum Gasteiger partial charge on any atom is -0.481 e. The van der Waals surface area contributed by atoms with Gasteiger partial charge in [0.25, 0.3) is 0 Å². The van der Waals surface area contributed by atoms with Gasteiger partial charge in [-0.25, -0.2) is 4.79 Å². The molecule has 18 heavy (non-hydrogen) atoms. The smallest absolute Gasteiger partial charge is 0.315 e. The number of carbonyl (C=O) groups is 2. The van der Waals surface area contributed by atoms with Crippen molar-refractivity contribution in [2.45, 2.75) is 57.9 Å². The fourth-order valence-electron chi connectivity index (χ4n) is 2.30. The van der Waals surface area contributed by atoms with E-state index in [0.29, 0.717) is 19.4 Å². The first-order chi connectivity index (χ1) is 8.63. The molecule has 0 atom stereocenters. The largest absolute Gasteiger partial charge is 0.481 e. The maximum Gasteiger partial charge on any atom is 0.315 e. The van der Waals surface area contributed by atoms with Crippen LogP contribution in [0.1, 0.15) is 51.9 Å². The molecule has 0 aromatic heterocycles. The molecule has 0 aromatic rings. The van der Waals surface area contributed by atoms with Crippen LogP contribution in [0.2, 0.25) is 0 Å². The van der Waals surface area contributed by atoms with Gasteiger partial charge in [-0.15, -0.1) is 0 Å². The molecule has 3 N–H and O–H groups in total. The Kier molecular flexibility index (Phi) is 6.54. The van der Waals surface area contributed by atoms with Crippen molar-refractivity contribution in [3.63, 3.8) is 0 Å². The number of carboxylic acids is 1. The van der Waals surface area contributed by atoms with E-state index in [1.54, 1.807) is 0 Å². The standard InChI is InChI=1S/C13H24N2O3/c1-2-3-4-9-14-13(18)15-11-7-5-10(6-8-11)12(16)17/h10-11H,2-9H2,1H3,(H,16,17)(H2,14,15,18). The first-order valence-corrected chi connectivity index (χ1v) is 6.90. The number of nitrogens with one attached hydrogen (secondary N) is 2. The summed E-state index contributed by atoms with van der Waals surface area (Å²) in [6.45, 7) is 2.84. The van der Waals surface area contributed by atoms with Gasteiger partial charge in [0.15, 0.2) is 0 Å². The number of aliphatic carboxylic acids is 1. The first-order valence-electron chi connectivity index (χ1n) is 6.90. The molecule has 0 bridgehead atoms. The second-order valence-electron chi connectivity index (χ2n) is 4.99. The predicted octanol–water partition coefficient (Wildman–Crippen LogP) is 2.12. The van der Waals surface area contributed by atoms with E-state index in [1.165, 1.54) is 0 Å². The minimum absolute atomic E-state index is 0.120. The zero-order chi connectivity index (χ0) is 13.4. The van der Waals surface area contributed by atoms with Crippen molar-refractivity contribution in [3.8, 4) is 0 Å². The van der Waals surface area contributed by atoms with Crippen LogP contribution in [0.25, 0.3) is 0 Å². The van der Waals surface area contributed by atoms with Crippen molar-refractivity contribution in [3.05, 3.63) is 0 Å². The highest BCUT2D eigenvalue weighted by molar-refractivity contribution is 5.74. The number of urea groups is 1.